The summed E-state index contributed by atoms with van der Waals surface area (Å²) in [6, 6.07) is 16.1. The van der Waals surface area contributed by atoms with Crippen LogP contribution in [0, 0.1) is 0 Å². The van der Waals surface area contributed by atoms with Crippen molar-refractivity contribution in [3.05, 3.63) is 89.5 Å². The largest absolute Gasteiger partial charge is 0.478 e. The summed E-state index contributed by atoms with van der Waals surface area (Å²) in [7, 11) is 0. The zero-order chi connectivity index (χ0) is 19.8. The second kappa shape index (κ2) is 9.55. The van der Waals surface area contributed by atoms with Crippen molar-refractivity contribution in [1.82, 2.24) is 5.32 Å². The van der Waals surface area contributed by atoms with E-state index >= 15 is 0 Å². The molecule has 0 heterocycles. The van der Waals surface area contributed by atoms with E-state index in [1.54, 1.807) is 12.1 Å². The van der Waals surface area contributed by atoms with Crippen LogP contribution in [-0.2, 0) is 0 Å². The number of urea groups is 1. The van der Waals surface area contributed by atoms with Gasteiger partial charge in [-0.1, -0.05) is 54.6 Å². The van der Waals surface area contributed by atoms with Gasteiger partial charge in [-0.3, -0.25) is 0 Å². The first-order valence-corrected chi connectivity index (χ1v) is 9.43. The molecule has 2 amide bonds. The lowest BCUT2D eigenvalue weighted by Crippen LogP contribution is -2.30. The molecule has 1 aliphatic carbocycles. The Balaban J connectivity index is 1.59. The summed E-state index contributed by atoms with van der Waals surface area (Å²) in [4.78, 5) is 23.2. The van der Waals surface area contributed by atoms with Crippen molar-refractivity contribution >= 4 is 17.7 Å². The summed E-state index contributed by atoms with van der Waals surface area (Å²) >= 11 is 0. The Hall–Kier alpha value is -3.34. The van der Waals surface area contributed by atoms with Crippen molar-refractivity contribution < 1.29 is 14.7 Å². The predicted octanol–water partition coefficient (Wildman–Crippen LogP) is 4.96. The molecule has 5 heteroatoms. The third-order valence-corrected chi connectivity index (χ3v) is 4.71. The van der Waals surface area contributed by atoms with Gasteiger partial charge in [0.25, 0.3) is 0 Å². The number of amides is 2. The van der Waals surface area contributed by atoms with Crippen LogP contribution < -0.4 is 10.6 Å². The van der Waals surface area contributed by atoms with Crippen LogP contribution >= 0.6 is 0 Å². The number of allylic oxidation sites excluding steroid dienone is 4. The molecule has 0 spiro atoms. The summed E-state index contributed by atoms with van der Waals surface area (Å²) in [5.41, 5.74) is 3.11. The molecule has 0 aromatic heterocycles. The van der Waals surface area contributed by atoms with E-state index < -0.39 is 5.97 Å². The van der Waals surface area contributed by atoms with Crippen LogP contribution in [0.4, 0.5) is 10.5 Å². The molecule has 0 saturated heterocycles. The average molecular weight is 376 g/mol. The molecule has 1 atom stereocenters. The highest BCUT2D eigenvalue weighted by molar-refractivity contribution is 5.93. The zero-order valence-corrected chi connectivity index (χ0v) is 15.6. The molecule has 3 N–H and O–H groups in total. The van der Waals surface area contributed by atoms with Crippen LogP contribution in [0.5, 0.6) is 0 Å². The van der Waals surface area contributed by atoms with Gasteiger partial charge in [0.15, 0.2) is 0 Å². The van der Waals surface area contributed by atoms with Crippen LogP contribution in [0.2, 0.25) is 0 Å². The quantitative estimate of drug-likeness (QED) is 0.639. The Morgan fingerprint density at radius 1 is 1.04 bits per heavy atom. The van der Waals surface area contributed by atoms with E-state index in [1.165, 1.54) is 23.3 Å². The number of anilines is 1. The first kappa shape index (κ1) is 19.4. The van der Waals surface area contributed by atoms with E-state index in [1.807, 2.05) is 18.2 Å². The first-order chi connectivity index (χ1) is 13.6. The highest BCUT2D eigenvalue weighted by Gasteiger charge is 2.16. The highest BCUT2D eigenvalue weighted by Crippen LogP contribution is 2.30. The number of aromatic carboxylic acids is 1. The van der Waals surface area contributed by atoms with Gasteiger partial charge in [0.05, 0.1) is 5.56 Å². The molecular weight excluding hydrogens is 352 g/mol. The third-order valence-electron chi connectivity index (χ3n) is 4.71. The van der Waals surface area contributed by atoms with Gasteiger partial charge in [0.1, 0.15) is 0 Å². The second-order valence-electron chi connectivity index (χ2n) is 6.70. The van der Waals surface area contributed by atoms with Crippen LogP contribution in [0.3, 0.4) is 0 Å². The van der Waals surface area contributed by atoms with Gasteiger partial charge in [-0.2, -0.15) is 0 Å². The molecular formula is C23H24N2O3. The Labute approximate surface area is 164 Å². The number of benzene rings is 2. The fourth-order valence-electron chi connectivity index (χ4n) is 3.34. The lowest BCUT2D eigenvalue weighted by molar-refractivity contribution is 0.0697. The first-order valence-electron chi connectivity index (χ1n) is 9.43. The van der Waals surface area contributed by atoms with Gasteiger partial charge in [0.2, 0.25) is 0 Å². The van der Waals surface area contributed by atoms with Crippen molar-refractivity contribution in [2.45, 2.75) is 25.2 Å². The molecule has 0 aliphatic heterocycles. The number of nitrogens with one attached hydrogen (secondary N) is 2. The summed E-state index contributed by atoms with van der Waals surface area (Å²) < 4.78 is 0. The molecule has 0 radical (unpaired) electrons. The maximum atomic E-state index is 12.2. The van der Waals surface area contributed by atoms with Crippen LogP contribution in [0.15, 0.2) is 78.4 Å². The summed E-state index contributed by atoms with van der Waals surface area (Å²) in [5, 5.41) is 14.6. The molecule has 1 aliphatic rings. The fraction of sp³-hybridized carbons (Fsp3) is 0.217. The summed E-state index contributed by atoms with van der Waals surface area (Å²) in [6.45, 7) is 0.509. The van der Waals surface area contributed by atoms with Crippen molar-refractivity contribution in [3.8, 4) is 0 Å². The standard InChI is InChI=1S/C23H24N2O3/c26-22(27)19-12-7-13-20(16-19)25-23(28)24-15-14-21(17-8-3-1-4-9-17)18-10-5-2-6-11-18/h1,3-5,7-13,16,21H,2,6,14-15H2,(H,26,27)(H2,24,25,28). The molecule has 0 fully saturated rings. The van der Waals surface area contributed by atoms with Crippen LogP contribution in [0.1, 0.15) is 41.1 Å². The molecule has 3 rings (SSSR count). The molecule has 1 unspecified atom stereocenters. The fourth-order valence-corrected chi connectivity index (χ4v) is 3.34. The Morgan fingerprint density at radius 3 is 2.57 bits per heavy atom. The maximum Gasteiger partial charge on any atom is 0.335 e. The predicted molar refractivity (Wildman–Crippen MR) is 111 cm³/mol. The normalized spacial score (nSPS) is 14.1. The van der Waals surface area contributed by atoms with Gasteiger partial charge >= 0.3 is 12.0 Å². The number of carboxylic acids is 1. The Bertz CT molecular complexity index is 888. The molecule has 0 bridgehead atoms. The van der Waals surface area contributed by atoms with E-state index in [9.17, 15) is 9.59 Å². The van der Waals surface area contributed by atoms with E-state index in [-0.39, 0.29) is 17.5 Å². The minimum absolute atomic E-state index is 0.137. The lowest BCUT2D eigenvalue weighted by atomic mass is 9.85. The maximum absolute atomic E-state index is 12.2. The van der Waals surface area contributed by atoms with Gasteiger partial charge in [-0.15, -0.1) is 0 Å². The number of carboxylic acid groups (broad SMARTS) is 1. The summed E-state index contributed by atoms with van der Waals surface area (Å²) in [5.74, 6) is -0.794. The number of hydrogen-bond donors (Lipinski definition) is 3. The molecule has 2 aromatic rings. The van der Waals surface area contributed by atoms with Crippen molar-refractivity contribution in [2.75, 3.05) is 11.9 Å². The second-order valence-corrected chi connectivity index (χ2v) is 6.70. The number of carbonyl (C=O) groups excluding carboxylic acids is 1. The lowest BCUT2D eigenvalue weighted by Gasteiger charge is -2.21. The van der Waals surface area contributed by atoms with Crippen LogP contribution in [0.25, 0.3) is 0 Å². The Kier molecular flexibility index (Phi) is 6.63. The number of rotatable bonds is 7. The minimum Gasteiger partial charge on any atom is -0.478 e. The zero-order valence-electron chi connectivity index (χ0n) is 15.6. The van der Waals surface area contributed by atoms with Crippen molar-refractivity contribution in [1.29, 1.82) is 0 Å². The molecule has 5 nitrogen and oxygen atoms in total. The van der Waals surface area contributed by atoms with Crippen LogP contribution in [-0.4, -0.2) is 23.7 Å². The van der Waals surface area contributed by atoms with E-state index in [0.717, 1.165) is 19.3 Å². The third kappa shape index (κ3) is 5.33. The van der Waals surface area contributed by atoms with E-state index in [2.05, 4.69) is 41.0 Å². The van der Waals surface area contributed by atoms with Gasteiger partial charge in [0, 0.05) is 18.2 Å². The molecule has 28 heavy (non-hydrogen) atoms. The van der Waals surface area contributed by atoms with E-state index in [4.69, 9.17) is 5.11 Å². The van der Waals surface area contributed by atoms with Crippen molar-refractivity contribution in [3.63, 3.8) is 0 Å². The van der Waals surface area contributed by atoms with Crippen molar-refractivity contribution in [2.24, 2.45) is 0 Å². The smallest absolute Gasteiger partial charge is 0.335 e. The summed E-state index contributed by atoms with van der Waals surface area (Å²) in [6.07, 6.45) is 9.54. The SMILES string of the molecule is O=C(NCCC(C1=CCCC=C1)c1ccccc1)Nc1cccc(C(=O)O)c1. The van der Waals surface area contributed by atoms with E-state index in [0.29, 0.717) is 12.2 Å². The molecule has 0 saturated carbocycles. The number of hydrogen-bond acceptors (Lipinski definition) is 2. The Morgan fingerprint density at radius 2 is 1.86 bits per heavy atom. The van der Waals surface area contributed by atoms with Gasteiger partial charge in [-0.25, -0.2) is 9.59 Å². The average Bonchev–Trinajstić information content (AvgIpc) is 2.72. The monoisotopic (exact) mass is 376 g/mol. The van der Waals surface area contributed by atoms with Gasteiger partial charge in [-0.05, 0) is 48.6 Å². The molecule has 2 aromatic carbocycles. The highest BCUT2D eigenvalue weighted by atomic mass is 16.4. The number of carbonyl (C=O) groups is 2. The molecule has 144 valence electrons. The van der Waals surface area contributed by atoms with Gasteiger partial charge < -0.3 is 15.7 Å². The minimum atomic E-state index is -1.02. The topological polar surface area (TPSA) is 78.4 Å².